The molecule has 0 aliphatic heterocycles. The summed E-state index contributed by atoms with van der Waals surface area (Å²) in [5.74, 6) is 0.296. The molecule has 0 saturated carbocycles. The minimum Gasteiger partial charge on any atom is -0.385 e. The SMILES string of the molecule is CC(C)C(F)F.COCCC(C)C. The third-order valence-corrected chi connectivity index (χ3v) is 1.40. The third-order valence-electron chi connectivity index (χ3n) is 1.40. The van der Waals surface area contributed by atoms with Gasteiger partial charge in [0.15, 0.2) is 0 Å². The van der Waals surface area contributed by atoms with Crippen molar-refractivity contribution in [1.29, 1.82) is 0 Å². The van der Waals surface area contributed by atoms with Gasteiger partial charge in [-0.05, 0) is 12.3 Å². The molecule has 0 bridgehead atoms. The average Bonchev–Trinajstić information content (AvgIpc) is 2.01. The van der Waals surface area contributed by atoms with E-state index in [-0.39, 0.29) is 0 Å². The predicted molar refractivity (Wildman–Crippen MR) is 52.2 cm³/mol. The summed E-state index contributed by atoms with van der Waals surface area (Å²) in [5.41, 5.74) is 0. The van der Waals surface area contributed by atoms with Crippen molar-refractivity contribution in [3.8, 4) is 0 Å². The van der Waals surface area contributed by atoms with E-state index >= 15 is 0 Å². The van der Waals surface area contributed by atoms with Gasteiger partial charge in [0.05, 0.1) is 0 Å². The van der Waals surface area contributed by atoms with Gasteiger partial charge in [-0.15, -0.1) is 0 Å². The largest absolute Gasteiger partial charge is 0.385 e. The predicted octanol–water partition coefficient (Wildman–Crippen LogP) is 3.59. The standard InChI is InChI=1S/C6H14O.C4H8F2/c1-6(2)4-5-7-3;1-3(2)4(5)6/h6H,4-5H2,1-3H3;3-4H,1-2H3. The second-order valence-electron chi connectivity index (χ2n) is 3.75. The Morgan fingerprint density at radius 1 is 1.08 bits per heavy atom. The molecule has 0 aliphatic carbocycles. The lowest BCUT2D eigenvalue weighted by molar-refractivity contribution is 0.0955. The maximum Gasteiger partial charge on any atom is 0.240 e. The quantitative estimate of drug-likeness (QED) is 0.667. The van der Waals surface area contributed by atoms with Crippen LogP contribution in [-0.4, -0.2) is 20.1 Å². The maximum absolute atomic E-state index is 11.2. The number of halogens is 2. The van der Waals surface area contributed by atoms with E-state index in [1.54, 1.807) is 7.11 Å². The highest BCUT2D eigenvalue weighted by atomic mass is 19.3. The molecule has 3 heteroatoms. The van der Waals surface area contributed by atoms with E-state index in [1.165, 1.54) is 20.3 Å². The lowest BCUT2D eigenvalue weighted by atomic mass is 10.1. The Bertz CT molecular complexity index is 86.9. The summed E-state index contributed by atoms with van der Waals surface area (Å²) in [4.78, 5) is 0. The molecule has 82 valence electrons. The van der Waals surface area contributed by atoms with Crippen LogP contribution < -0.4 is 0 Å². The Kier molecular flexibility index (Phi) is 11.7. The Labute approximate surface area is 80.5 Å². The van der Waals surface area contributed by atoms with Gasteiger partial charge in [-0.3, -0.25) is 0 Å². The van der Waals surface area contributed by atoms with Crippen molar-refractivity contribution in [2.24, 2.45) is 11.8 Å². The number of hydrogen-bond donors (Lipinski definition) is 0. The smallest absolute Gasteiger partial charge is 0.240 e. The van der Waals surface area contributed by atoms with Gasteiger partial charge in [-0.1, -0.05) is 27.7 Å². The molecule has 13 heavy (non-hydrogen) atoms. The topological polar surface area (TPSA) is 9.23 Å². The average molecular weight is 196 g/mol. The number of rotatable bonds is 4. The van der Waals surface area contributed by atoms with Crippen LogP contribution >= 0.6 is 0 Å². The molecule has 0 spiro atoms. The minimum atomic E-state index is -2.15. The zero-order chi connectivity index (χ0) is 10.9. The fraction of sp³-hybridized carbons (Fsp3) is 1.00. The van der Waals surface area contributed by atoms with Crippen molar-refractivity contribution in [3.63, 3.8) is 0 Å². The van der Waals surface area contributed by atoms with Gasteiger partial charge in [-0.25, -0.2) is 8.78 Å². The molecule has 0 amide bonds. The van der Waals surface area contributed by atoms with Crippen molar-refractivity contribution in [2.45, 2.75) is 40.5 Å². The van der Waals surface area contributed by atoms with Gasteiger partial charge in [-0.2, -0.15) is 0 Å². The lowest BCUT2D eigenvalue weighted by Gasteiger charge is -1.99. The molecule has 0 heterocycles. The molecule has 0 fully saturated rings. The Balaban J connectivity index is 0. The summed E-state index contributed by atoms with van der Waals surface area (Å²) in [6.45, 7) is 8.27. The van der Waals surface area contributed by atoms with Gasteiger partial charge < -0.3 is 4.74 Å². The molecule has 0 N–H and O–H groups in total. The summed E-state index contributed by atoms with van der Waals surface area (Å²) in [7, 11) is 1.74. The van der Waals surface area contributed by atoms with Gasteiger partial charge >= 0.3 is 0 Å². The Morgan fingerprint density at radius 2 is 1.46 bits per heavy atom. The number of alkyl halides is 2. The van der Waals surface area contributed by atoms with Crippen LogP contribution in [0.1, 0.15) is 34.1 Å². The highest BCUT2D eigenvalue weighted by Gasteiger charge is 2.05. The molecule has 0 saturated heterocycles. The molecule has 0 radical (unpaired) electrons. The molecule has 0 rings (SSSR count). The summed E-state index contributed by atoms with van der Waals surface area (Å²) in [6, 6.07) is 0. The van der Waals surface area contributed by atoms with Crippen LogP contribution in [0.15, 0.2) is 0 Å². The first kappa shape index (κ1) is 15.3. The normalized spacial score (nSPS) is 10.6. The number of hydrogen-bond acceptors (Lipinski definition) is 1. The van der Waals surface area contributed by atoms with Crippen LogP contribution in [-0.2, 0) is 4.74 Å². The molecule has 0 aromatic rings. The van der Waals surface area contributed by atoms with Crippen molar-refractivity contribution >= 4 is 0 Å². The molecule has 0 aromatic heterocycles. The highest BCUT2D eigenvalue weighted by Crippen LogP contribution is 2.04. The molecule has 0 unspecified atom stereocenters. The van der Waals surface area contributed by atoms with E-state index < -0.39 is 12.3 Å². The molecule has 0 aromatic carbocycles. The van der Waals surface area contributed by atoms with Gasteiger partial charge in [0, 0.05) is 19.6 Å². The van der Waals surface area contributed by atoms with E-state index in [9.17, 15) is 8.78 Å². The van der Waals surface area contributed by atoms with E-state index in [4.69, 9.17) is 4.74 Å². The minimum absolute atomic E-state index is 0.481. The Hall–Kier alpha value is -0.180. The Morgan fingerprint density at radius 3 is 1.54 bits per heavy atom. The maximum atomic E-state index is 11.2. The van der Waals surface area contributed by atoms with E-state index in [1.807, 2.05) is 0 Å². The first-order valence-electron chi connectivity index (χ1n) is 4.68. The van der Waals surface area contributed by atoms with E-state index in [0.717, 1.165) is 12.5 Å². The molecule has 0 aliphatic rings. The summed E-state index contributed by atoms with van der Waals surface area (Å²) < 4.78 is 27.2. The van der Waals surface area contributed by atoms with E-state index in [0.29, 0.717) is 0 Å². The van der Waals surface area contributed by atoms with Crippen LogP contribution in [0.5, 0.6) is 0 Å². The second kappa shape index (κ2) is 9.90. The van der Waals surface area contributed by atoms with Crippen molar-refractivity contribution < 1.29 is 13.5 Å². The molecule has 0 atom stereocenters. The first-order valence-corrected chi connectivity index (χ1v) is 4.68. The van der Waals surface area contributed by atoms with Crippen LogP contribution in [0.2, 0.25) is 0 Å². The monoisotopic (exact) mass is 196 g/mol. The molecule has 1 nitrogen and oxygen atoms in total. The summed E-state index contributed by atoms with van der Waals surface area (Å²) >= 11 is 0. The highest BCUT2D eigenvalue weighted by molar-refractivity contribution is 4.41. The van der Waals surface area contributed by atoms with Crippen LogP contribution in [0.25, 0.3) is 0 Å². The van der Waals surface area contributed by atoms with Crippen molar-refractivity contribution in [2.75, 3.05) is 13.7 Å². The van der Waals surface area contributed by atoms with Crippen LogP contribution in [0.3, 0.4) is 0 Å². The first-order chi connectivity index (χ1) is 5.91. The van der Waals surface area contributed by atoms with Gasteiger partial charge in [0.25, 0.3) is 0 Å². The zero-order valence-corrected chi connectivity index (χ0v) is 9.31. The van der Waals surface area contributed by atoms with E-state index in [2.05, 4.69) is 13.8 Å². The van der Waals surface area contributed by atoms with Crippen LogP contribution in [0, 0.1) is 11.8 Å². The lowest BCUT2D eigenvalue weighted by Crippen LogP contribution is -1.99. The fourth-order valence-corrected chi connectivity index (χ4v) is 0.354. The molecular formula is C10H22F2O. The number of methoxy groups -OCH3 is 1. The van der Waals surface area contributed by atoms with Crippen molar-refractivity contribution in [3.05, 3.63) is 0 Å². The zero-order valence-electron chi connectivity index (χ0n) is 9.31. The summed E-state index contributed by atoms with van der Waals surface area (Å²) in [5, 5.41) is 0. The fourth-order valence-electron chi connectivity index (χ4n) is 0.354. The number of ether oxygens (including phenoxy) is 1. The van der Waals surface area contributed by atoms with Crippen molar-refractivity contribution in [1.82, 2.24) is 0 Å². The summed E-state index contributed by atoms with van der Waals surface area (Å²) in [6.07, 6.45) is -0.971. The van der Waals surface area contributed by atoms with Gasteiger partial charge in [0.1, 0.15) is 0 Å². The molecular weight excluding hydrogens is 174 g/mol. The second-order valence-corrected chi connectivity index (χ2v) is 3.75. The van der Waals surface area contributed by atoms with Crippen LogP contribution in [0.4, 0.5) is 8.78 Å². The third kappa shape index (κ3) is 18.6. The van der Waals surface area contributed by atoms with Gasteiger partial charge in [0.2, 0.25) is 6.43 Å².